The maximum absolute atomic E-state index is 9.70. The average molecular weight is 427 g/mol. The fourth-order valence-corrected chi connectivity index (χ4v) is 4.17. The molecule has 0 saturated heterocycles. The summed E-state index contributed by atoms with van der Waals surface area (Å²) in [7, 11) is 0. The minimum absolute atomic E-state index is 0.0501. The Balaban J connectivity index is 0.00000113. The van der Waals surface area contributed by atoms with Crippen molar-refractivity contribution in [3.05, 3.63) is 71.8 Å². The number of hydrogen-bond acceptors (Lipinski definition) is 3. The molecule has 1 N–H and O–H groups in total. The van der Waals surface area contributed by atoms with Crippen molar-refractivity contribution in [3.8, 4) is 11.5 Å². The number of benzene rings is 2. The van der Waals surface area contributed by atoms with E-state index in [-0.39, 0.29) is 23.4 Å². The van der Waals surface area contributed by atoms with Gasteiger partial charge in [0.2, 0.25) is 0 Å². The first kappa shape index (κ1) is 26.9. The molecule has 0 amide bonds. The largest absolute Gasteiger partial charge is 0.457 e. The number of para-hydroxylation sites is 1. The lowest BCUT2D eigenvalue weighted by Crippen LogP contribution is -2.24. The summed E-state index contributed by atoms with van der Waals surface area (Å²) in [5.74, 6) is 2.36. The second-order valence-corrected chi connectivity index (χ2v) is 8.46. The standard InChI is InChI=1S/C24H30O3.2C2H6/c1-16(2)14-21-22(24(21,4)5)23(27-25)17(3)18-10-9-13-20(15-18)26-19-11-7-6-8-12-19;2*1-2/h6-15,17,21-23,25H,1-5H3;2*1-2H3. The van der Waals surface area contributed by atoms with Crippen LogP contribution in [0.4, 0.5) is 0 Å². The molecule has 3 rings (SSSR count). The Morgan fingerprint density at radius 1 is 0.935 bits per heavy atom. The highest BCUT2D eigenvalue weighted by atomic mass is 17.1. The molecule has 4 unspecified atom stereocenters. The van der Waals surface area contributed by atoms with E-state index in [1.54, 1.807) is 0 Å². The van der Waals surface area contributed by atoms with Gasteiger partial charge in [0.25, 0.3) is 0 Å². The second kappa shape index (κ2) is 12.7. The molecule has 0 spiro atoms. The van der Waals surface area contributed by atoms with Gasteiger partial charge in [-0.2, -0.15) is 0 Å². The van der Waals surface area contributed by atoms with Crippen molar-refractivity contribution in [2.75, 3.05) is 0 Å². The van der Waals surface area contributed by atoms with E-state index < -0.39 is 0 Å². The lowest BCUT2D eigenvalue weighted by molar-refractivity contribution is -0.290. The quantitative estimate of drug-likeness (QED) is 0.273. The lowest BCUT2D eigenvalue weighted by atomic mass is 9.89. The van der Waals surface area contributed by atoms with Crippen LogP contribution >= 0.6 is 0 Å². The first-order valence-electron chi connectivity index (χ1n) is 11.6. The van der Waals surface area contributed by atoms with Crippen LogP contribution in [-0.4, -0.2) is 11.4 Å². The van der Waals surface area contributed by atoms with E-state index in [0.29, 0.717) is 5.92 Å². The van der Waals surface area contributed by atoms with Gasteiger partial charge >= 0.3 is 0 Å². The second-order valence-electron chi connectivity index (χ2n) is 8.46. The van der Waals surface area contributed by atoms with Gasteiger partial charge in [-0.25, -0.2) is 4.89 Å². The van der Waals surface area contributed by atoms with Crippen LogP contribution in [-0.2, 0) is 4.89 Å². The van der Waals surface area contributed by atoms with Crippen molar-refractivity contribution < 1.29 is 14.9 Å². The number of allylic oxidation sites excluding steroid dienone is 2. The van der Waals surface area contributed by atoms with Crippen molar-refractivity contribution in [1.29, 1.82) is 0 Å². The molecule has 2 aromatic carbocycles. The van der Waals surface area contributed by atoms with Crippen molar-refractivity contribution in [1.82, 2.24) is 0 Å². The number of rotatable bonds is 7. The molecule has 1 aliphatic rings. The Morgan fingerprint density at radius 3 is 2.06 bits per heavy atom. The number of hydrogen-bond donors (Lipinski definition) is 1. The van der Waals surface area contributed by atoms with Gasteiger partial charge in [0.15, 0.2) is 0 Å². The zero-order valence-electron chi connectivity index (χ0n) is 20.8. The third-order valence-electron chi connectivity index (χ3n) is 5.84. The monoisotopic (exact) mass is 426 g/mol. The van der Waals surface area contributed by atoms with Crippen molar-refractivity contribution in [2.24, 2.45) is 17.3 Å². The summed E-state index contributed by atoms with van der Waals surface area (Å²) in [4.78, 5) is 5.03. The summed E-state index contributed by atoms with van der Waals surface area (Å²) in [5, 5.41) is 9.70. The Bertz CT molecular complexity index is 791. The molecule has 0 aromatic heterocycles. The van der Waals surface area contributed by atoms with Gasteiger partial charge in [0.1, 0.15) is 17.6 Å². The topological polar surface area (TPSA) is 38.7 Å². The van der Waals surface area contributed by atoms with Gasteiger partial charge in [-0.3, -0.25) is 5.26 Å². The van der Waals surface area contributed by atoms with Crippen LogP contribution in [0.3, 0.4) is 0 Å². The van der Waals surface area contributed by atoms with Gasteiger partial charge in [-0.1, -0.05) is 90.4 Å². The third kappa shape index (κ3) is 6.95. The highest BCUT2D eigenvalue weighted by Gasteiger charge is 2.61. The Morgan fingerprint density at radius 2 is 1.52 bits per heavy atom. The molecule has 31 heavy (non-hydrogen) atoms. The predicted octanol–water partition coefficient (Wildman–Crippen LogP) is 8.73. The van der Waals surface area contributed by atoms with Crippen LogP contribution in [0, 0.1) is 17.3 Å². The Labute approximate surface area is 190 Å². The smallest absolute Gasteiger partial charge is 0.127 e. The molecule has 1 aliphatic carbocycles. The van der Waals surface area contributed by atoms with E-state index in [2.05, 4.69) is 46.8 Å². The molecule has 0 aliphatic heterocycles. The summed E-state index contributed by atoms with van der Waals surface area (Å²) in [6, 6.07) is 17.8. The minimum Gasteiger partial charge on any atom is -0.457 e. The normalized spacial score (nSPS) is 20.1. The van der Waals surface area contributed by atoms with Crippen LogP contribution in [0.5, 0.6) is 11.5 Å². The molecule has 1 saturated carbocycles. The van der Waals surface area contributed by atoms with E-state index in [4.69, 9.17) is 9.62 Å². The van der Waals surface area contributed by atoms with E-state index in [9.17, 15) is 5.26 Å². The lowest BCUT2D eigenvalue weighted by Gasteiger charge is -2.23. The summed E-state index contributed by atoms with van der Waals surface area (Å²) in [5.41, 5.74) is 2.52. The van der Waals surface area contributed by atoms with E-state index in [1.165, 1.54) is 5.57 Å². The molecular formula is C28H42O3. The van der Waals surface area contributed by atoms with Crippen LogP contribution in [0.2, 0.25) is 0 Å². The Kier molecular flexibility index (Phi) is 11.0. The fraction of sp³-hybridized carbons (Fsp3) is 0.500. The SMILES string of the molecule is CC.CC.CC(C)=CC1C(C(OO)C(C)c2cccc(Oc3ccccc3)c2)C1(C)C. The minimum atomic E-state index is -0.257. The summed E-state index contributed by atoms with van der Waals surface area (Å²) >= 11 is 0. The van der Waals surface area contributed by atoms with Crippen molar-refractivity contribution in [3.63, 3.8) is 0 Å². The molecule has 0 heterocycles. The van der Waals surface area contributed by atoms with Gasteiger partial charge in [0.05, 0.1) is 0 Å². The first-order chi connectivity index (χ1) is 14.8. The zero-order valence-corrected chi connectivity index (χ0v) is 20.8. The van der Waals surface area contributed by atoms with E-state index in [1.807, 2.05) is 76.2 Å². The fourth-order valence-electron chi connectivity index (χ4n) is 4.17. The van der Waals surface area contributed by atoms with Crippen molar-refractivity contribution >= 4 is 0 Å². The maximum Gasteiger partial charge on any atom is 0.127 e. The molecule has 172 valence electrons. The first-order valence-corrected chi connectivity index (χ1v) is 11.6. The number of ether oxygens (including phenoxy) is 1. The van der Waals surface area contributed by atoms with E-state index in [0.717, 1.165) is 17.1 Å². The molecule has 1 fully saturated rings. The predicted molar refractivity (Wildman–Crippen MR) is 132 cm³/mol. The molecule has 0 bridgehead atoms. The van der Waals surface area contributed by atoms with Crippen LogP contribution in [0.1, 0.15) is 73.8 Å². The summed E-state index contributed by atoms with van der Waals surface area (Å²) in [6.45, 7) is 18.8. The molecule has 3 heteroatoms. The van der Waals surface area contributed by atoms with Crippen molar-refractivity contribution in [2.45, 2.75) is 74.3 Å². The third-order valence-corrected chi connectivity index (χ3v) is 5.84. The molecule has 3 nitrogen and oxygen atoms in total. The van der Waals surface area contributed by atoms with Gasteiger partial charge in [-0.05, 0) is 55.0 Å². The van der Waals surface area contributed by atoms with Gasteiger partial charge < -0.3 is 4.74 Å². The van der Waals surface area contributed by atoms with Crippen LogP contribution in [0.15, 0.2) is 66.2 Å². The molecular weight excluding hydrogens is 384 g/mol. The van der Waals surface area contributed by atoms with Crippen LogP contribution < -0.4 is 4.74 Å². The molecule has 2 aromatic rings. The van der Waals surface area contributed by atoms with E-state index >= 15 is 0 Å². The highest BCUT2D eigenvalue weighted by molar-refractivity contribution is 5.36. The average Bonchev–Trinajstić information content (AvgIpc) is 3.31. The van der Waals surface area contributed by atoms with Gasteiger partial charge in [0, 0.05) is 11.8 Å². The Hall–Kier alpha value is -2.10. The summed E-state index contributed by atoms with van der Waals surface area (Å²) < 4.78 is 5.96. The van der Waals surface area contributed by atoms with Gasteiger partial charge in [-0.15, -0.1) is 0 Å². The molecule has 0 radical (unpaired) electrons. The highest BCUT2D eigenvalue weighted by Crippen LogP contribution is 2.63. The van der Waals surface area contributed by atoms with Crippen LogP contribution in [0.25, 0.3) is 0 Å². The summed E-state index contributed by atoms with van der Waals surface area (Å²) in [6.07, 6.45) is 2.05. The maximum atomic E-state index is 9.70. The zero-order chi connectivity index (χ0) is 23.6. The molecule has 4 atom stereocenters.